The Balaban J connectivity index is 3.87. The van der Waals surface area contributed by atoms with E-state index in [0.29, 0.717) is 13.0 Å². The molecule has 0 atom stereocenters. The molecule has 0 unspecified atom stereocenters. The smallest absolute Gasteiger partial charge is 0.407 e. The van der Waals surface area contributed by atoms with Crippen LogP contribution in [-0.4, -0.2) is 34.0 Å². The van der Waals surface area contributed by atoms with E-state index < -0.39 is 6.09 Å². The molecule has 4 heteroatoms. The van der Waals surface area contributed by atoms with Crippen molar-refractivity contribution in [3.05, 3.63) is 0 Å². The lowest BCUT2D eigenvalue weighted by Crippen LogP contribution is -2.45. The first kappa shape index (κ1) is 14.9. The number of hydrogen-bond acceptors (Lipinski definition) is 2. The van der Waals surface area contributed by atoms with Crippen molar-refractivity contribution in [2.45, 2.75) is 58.9 Å². The third-order valence-corrected chi connectivity index (χ3v) is 2.45. The molecule has 4 nitrogen and oxygen atoms in total. The summed E-state index contributed by atoms with van der Waals surface area (Å²) >= 11 is 0. The summed E-state index contributed by atoms with van der Waals surface area (Å²) in [7, 11) is 0. The average molecular weight is 229 g/mol. The zero-order chi connectivity index (χ0) is 12.8. The molecule has 0 aromatic carbocycles. The third-order valence-electron chi connectivity index (χ3n) is 2.45. The molecule has 16 heavy (non-hydrogen) atoms. The van der Waals surface area contributed by atoms with Crippen molar-refractivity contribution in [1.82, 2.24) is 4.90 Å². The second-order valence-electron chi connectivity index (χ2n) is 5.12. The molecule has 0 spiro atoms. The SMILES string of the molecule is CC(=O)CCCCCN(C(=O)O)C(C)(C)C. The summed E-state index contributed by atoms with van der Waals surface area (Å²) in [4.78, 5) is 23.1. The summed E-state index contributed by atoms with van der Waals surface area (Å²) in [6.07, 6.45) is 2.30. The van der Waals surface area contributed by atoms with Crippen LogP contribution in [0.3, 0.4) is 0 Å². The molecule has 1 amide bonds. The number of rotatable bonds is 6. The van der Waals surface area contributed by atoms with E-state index in [9.17, 15) is 9.59 Å². The Labute approximate surface area is 97.6 Å². The number of amides is 1. The van der Waals surface area contributed by atoms with Gasteiger partial charge in [0.05, 0.1) is 0 Å². The number of unbranched alkanes of at least 4 members (excludes halogenated alkanes) is 2. The van der Waals surface area contributed by atoms with Crippen LogP contribution in [0.1, 0.15) is 53.4 Å². The van der Waals surface area contributed by atoms with Gasteiger partial charge in [-0.25, -0.2) is 4.79 Å². The fraction of sp³-hybridized carbons (Fsp3) is 0.833. The molecule has 0 saturated carbocycles. The molecule has 0 aliphatic carbocycles. The quantitative estimate of drug-likeness (QED) is 0.712. The van der Waals surface area contributed by atoms with Gasteiger partial charge >= 0.3 is 6.09 Å². The standard InChI is InChI=1S/C12H23NO3/c1-10(14)8-6-5-7-9-13(11(15)16)12(2,3)4/h5-9H2,1-4H3,(H,15,16). The van der Waals surface area contributed by atoms with Gasteiger partial charge in [0.1, 0.15) is 5.78 Å². The lowest BCUT2D eigenvalue weighted by Gasteiger charge is -2.33. The van der Waals surface area contributed by atoms with Crippen LogP contribution in [-0.2, 0) is 4.79 Å². The van der Waals surface area contributed by atoms with Gasteiger partial charge < -0.3 is 14.8 Å². The fourth-order valence-corrected chi connectivity index (χ4v) is 1.54. The Morgan fingerprint density at radius 3 is 2.06 bits per heavy atom. The fourth-order valence-electron chi connectivity index (χ4n) is 1.54. The van der Waals surface area contributed by atoms with E-state index in [1.54, 1.807) is 6.92 Å². The Kier molecular flexibility index (Phi) is 6.08. The first-order valence-corrected chi connectivity index (χ1v) is 5.75. The summed E-state index contributed by atoms with van der Waals surface area (Å²) in [5, 5.41) is 9.03. The van der Waals surface area contributed by atoms with Crippen molar-refractivity contribution in [2.24, 2.45) is 0 Å². The summed E-state index contributed by atoms with van der Waals surface area (Å²) in [5.74, 6) is 0.200. The molecular formula is C12H23NO3. The van der Waals surface area contributed by atoms with Gasteiger partial charge in [0.2, 0.25) is 0 Å². The topological polar surface area (TPSA) is 57.6 Å². The summed E-state index contributed by atoms with van der Waals surface area (Å²) < 4.78 is 0. The van der Waals surface area contributed by atoms with E-state index in [2.05, 4.69) is 0 Å². The largest absolute Gasteiger partial charge is 0.465 e. The molecule has 94 valence electrons. The number of carbonyl (C=O) groups excluding carboxylic acids is 1. The van der Waals surface area contributed by atoms with Crippen LogP contribution >= 0.6 is 0 Å². The van der Waals surface area contributed by atoms with Gasteiger partial charge in [-0.2, -0.15) is 0 Å². The first-order chi connectivity index (χ1) is 7.25. The van der Waals surface area contributed by atoms with E-state index in [1.807, 2.05) is 20.8 Å². The van der Waals surface area contributed by atoms with Gasteiger partial charge in [0.25, 0.3) is 0 Å². The zero-order valence-corrected chi connectivity index (χ0v) is 10.7. The van der Waals surface area contributed by atoms with Crippen LogP contribution in [0.25, 0.3) is 0 Å². The maximum Gasteiger partial charge on any atom is 0.407 e. The summed E-state index contributed by atoms with van der Waals surface area (Å²) in [6, 6.07) is 0. The average Bonchev–Trinajstić information content (AvgIpc) is 2.07. The lowest BCUT2D eigenvalue weighted by molar-refractivity contribution is -0.117. The predicted molar refractivity (Wildman–Crippen MR) is 63.6 cm³/mol. The van der Waals surface area contributed by atoms with Gasteiger partial charge in [-0.05, 0) is 40.5 Å². The highest BCUT2D eigenvalue weighted by Crippen LogP contribution is 2.15. The normalized spacial score (nSPS) is 11.2. The predicted octanol–water partition coefficient (Wildman–Crippen LogP) is 2.91. The molecule has 0 saturated heterocycles. The van der Waals surface area contributed by atoms with E-state index in [0.717, 1.165) is 19.3 Å². The van der Waals surface area contributed by atoms with Crippen molar-refractivity contribution in [3.8, 4) is 0 Å². The minimum Gasteiger partial charge on any atom is -0.465 e. The number of hydrogen-bond donors (Lipinski definition) is 1. The molecule has 0 bridgehead atoms. The molecule has 0 aromatic heterocycles. The van der Waals surface area contributed by atoms with E-state index in [1.165, 1.54) is 4.90 Å². The Morgan fingerprint density at radius 2 is 1.69 bits per heavy atom. The minimum atomic E-state index is -0.876. The van der Waals surface area contributed by atoms with Crippen molar-refractivity contribution in [2.75, 3.05) is 6.54 Å². The number of nitrogens with zero attached hydrogens (tertiary/aromatic N) is 1. The van der Waals surface area contributed by atoms with Crippen LogP contribution in [0, 0.1) is 0 Å². The number of Topliss-reactive ketones (excluding diaryl/α,β-unsaturated/α-hetero) is 1. The van der Waals surface area contributed by atoms with E-state index >= 15 is 0 Å². The van der Waals surface area contributed by atoms with Crippen molar-refractivity contribution in [1.29, 1.82) is 0 Å². The maximum absolute atomic E-state index is 11.0. The lowest BCUT2D eigenvalue weighted by atomic mass is 10.1. The highest BCUT2D eigenvalue weighted by molar-refractivity contribution is 5.75. The van der Waals surface area contributed by atoms with Crippen molar-refractivity contribution >= 4 is 11.9 Å². The third kappa shape index (κ3) is 6.43. The van der Waals surface area contributed by atoms with Gasteiger partial charge in [0, 0.05) is 18.5 Å². The van der Waals surface area contributed by atoms with E-state index in [4.69, 9.17) is 5.11 Å². The Morgan fingerprint density at radius 1 is 1.12 bits per heavy atom. The second-order valence-corrected chi connectivity index (χ2v) is 5.12. The maximum atomic E-state index is 11.0. The van der Waals surface area contributed by atoms with Gasteiger partial charge in [-0.15, -0.1) is 0 Å². The van der Waals surface area contributed by atoms with Crippen molar-refractivity contribution in [3.63, 3.8) is 0 Å². The molecule has 0 rings (SSSR count). The van der Waals surface area contributed by atoms with Crippen LogP contribution in [0.2, 0.25) is 0 Å². The minimum absolute atomic E-state index is 0.200. The molecule has 0 aliphatic rings. The van der Waals surface area contributed by atoms with Crippen LogP contribution in [0.4, 0.5) is 4.79 Å². The molecular weight excluding hydrogens is 206 g/mol. The molecule has 1 N–H and O–H groups in total. The highest BCUT2D eigenvalue weighted by atomic mass is 16.4. The van der Waals surface area contributed by atoms with Gasteiger partial charge in [0.15, 0.2) is 0 Å². The Hall–Kier alpha value is -1.06. The molecule has 0 aromatic rings. The molecule has 0 aliphatic heterocycles. The second kappa shape index (κ2) is 6.51. The summed E-state index contributed by atoms with van der Waals surface area (Å²) in [5.41, 5.74) is -0.355. The molecule has 0 fully saturated rings. The number of carbonyl (C=O) groups is 2. The zero-order valence-electron chi connectivity index (χ0n) is 10.7. The van der Waals surface area contributed by atoms with E-state index in [-0.39, 0.29) is 11.3 Å². The van der Waals surface area contributed by atoms with Crippen LogP contribution < -0.4 is 0 Å². The highest BCUT2D eigenvalue weighted by Gasteiger charge is 2.24. The number of ketones is 1. The van der Waals surface area contributed by atoms with Gasteiger partial charge in [-0.1, -0.05) is 6.42 Å². The molecule has 0 heterocycles. The van der Waals surface area contributed by atoms with Crippen molar-refractivity contribution < 1.29 is 14.7 Å². The van der Waals surface area contributed by atoms with Crippen LogP contribution in [0.15, 0.2) is 0 Å². The molecule has 0 radical (unpaired) electrons. The monoisotopic (exact) mass is 229 g/mol. The Bertz CT molecular complexity index is 243. The summed E-state index contributed by atoms with van der Waals surface area (Å²) in [6.45, 7) is 7.78. The first-order valence-electron chi connectivity index (χ1n) is 5.75. The van der Waals surface area contributed by atoms with Gasteiger partial charge in [-0.3, -0.25) is 0 Å². The number of carboxylic acid groups (broad SMARTS) is 1. The van der Waals surface area contributed by atoms with Crippen LogP contribution in [0.5, 0.6) is 0 Å².